The predicted molar refractivity (Wildman–Crippen MR) is 79.2 cm³/mol. The van der Waals surface area contributed by atoms with Gasteiger partial charge in [-0.1, -0.05) is 23.2 Å². The molecule has 19 heavy (non-hydrogen) atoms. The Morgan fingerprint density at radius 2 is 2.16 bits per heavy atom. The summed E-state index contributed by atoms with van der Waals surface area (Å²) in [5, 5.41) is 6.02. The number of thiazole rings is 1. The van der Waals surface area contributed by atoms with Crippen LogP contribution in [0.4, 0.5) is 5.69 Å². The molecular formula is C12H11Cl2N3OS. The molecule has 4 nitrogen and oxygen atoms in total. The van der Waals surface area contributed by atoms with E-state index in [2.05, 4.69) is 10.3 Å². The van der Waals surface area contributed by atoms with Gasteiger partial charge in [0.1, 0.15) is 10.7 Å². The molecule has 2 aromatic rings. The fourth-order valence-electron chi connectivity index (χ4n) is 1.44. The van der Waals surface area contributed by atoms with Crippen molar-refractivity contribution in [3.63, 3.8) is 0 Å². The van der Waals surface area contributed by atoms with Crippen LogP contribution in [0.2, 0.25) is 10.0 Å². The number of aryl methyl sites for hydroxylation is 1. The van der Waals surface area contributed by atoms with Crippen molar-refractivity contribution in [1.29, 1.82) is 0 Å². The van der Waals surface area contributed by atoms with Crippen molar-refractivity contribution in [3.05, 3.63) is 43.8 Å². The van der Waals surface area contributed by atoms with Crippen molar-refractivity contribution >= 4 is 46.1 Å². The standard InChI is InChI=1S/C12H11Cl2N3OS/c1-6-2-8(14)9(3-7(6)13)17-12(18)10-5-19-11(4-15)16-10/h2-3,5H,4,15H2,1H3,(H,17,18). The van der Waals surface area contributed by atoms with Crippen LogP contribution in [0.25, 0.3) is 0 Å². The molecule has 2 rings (SSSR count). The third-order valence-electron chi connectivity index (χ3n) is 2.46. The number of carbonyl (C=O) groups is 1. The Labute approximate surface area is 124 Å². The summed E-state index contributed by atoms with van der Waals surface area (Å²) in [7, 11) is 0. The van der Waals surface area contributed by atoms with E-state index in [1.54, 1.807) is 17.5 Å². The van der Waals surface area contributed by atoms with E-state index >= 15 is 0 Å². The lowest BCUT2D eigenvalue weighted by Gasteiger charge is -2.08. The van der Waals surface area contributed by atoms with Gasteiger partial charge >= 0.3 is 0 Å². The monoisotopic (exact) mass is 315 g/mol. The van der Waals surface area contributed by atoms with E-state index in [1.165, 1.54) is 11.3 Å². The molecule has 7 heteroatoms. The number of halogens is 2. The summed E-state index contributed by atoms with van der Waals surface area (Å²) >= 11 is 13.4. The van der Waals surface area contributed by atoms with Crippen molar-refractivity contribution in [1.82, 2.24) is 4.98 Å². The fourth-order valence-corrected chi connectivity index (χ4v) is 2.52. The van der Waals surface area contributed by atoms with Crippen LogP contribution >= 0.6 is 34.5 Å². The van der Waals surface area contributed by atoms with Gasteiger partial charge < -0.3 is 11.1 Å². The largest absolute Gasteiger partial charge is 0.325 e. The zero-order valence-electron chi connectivity index (χ0n) is 10.0. The van der Waals surface area contributed by atoms with E-state index in [1.807, 2.05) is 6.92 Å². The second kappa shape index (κ2) is 5.88. The number of carbonyl (C=O) groups excluding carboxylic acids is 1. The molecule has 0 aliphatic carbocycles. The first kappa shape index (κ1) is 14.3. The normalized spacial score (nSPS) is 10.5. The topological polar surface area (TPSA) is 68.0 Å². The molecule has 0 aliphatic rings. The van der Waals surface area contributed by atoms with Gasteiger partial charge in [-0.05, 0) is 24.6 Å². The highest BCUT2D eigenvalue weighted by atomic mass is 35.5. The van der Waals surface area contributed by atoms with E-state index in [0.29, 0.717) is 33.0 Å². The Bertz CT molecular complexity index is 627. The van der Waals surface area contributed by atoms with Crippen LogP contribution in [0.1, 0.15) is 21.1 Å². The Morgan fingerprint density at radius 3 is 2.79 bits per heavy atom. The van der Waals surface area contributed by atoms with Crippen LogP contribution in [0.3, 0.4) is 0 Å². The molecule has 1 heterocycles. The predicted octanol–water partition coefficient (Wildman–Crippen LogP) is 3.47. The number of nitrogens with one attached hydrogen (secondary N) is 1. The van der Waals surface area contributed by atoms with Gasteiger partial charge in [0, 0.05) is 16.9 Å². The number of rotatable bonds is 3. The molecule has 0 saturated carbocycles. The summed E-state index contributed by atoms with van der Waals surface area (Å²) in [5.74, 6) is -0.335. The van der Waals surface area contributed by atoms with Gasteiger partial charge in [0.2, 0.25) is 0 Å². The highest BCUT2D eigenvalue weighted by molar-refractivity contribution is 7.09. The van der Waals surface area contributed by atoms with E-state index in [4.69, 9.17) is 28.9 Å². The van der Waals surface area contributed by atoms with Crippen LogP contribution in [-0.4, -0.2) is 10.9 Å². The van der Waals surface area contributed by atoms with Gasteiger partial charge in [-0.2, -0.15) is 0 Å². The fraction of sp³-hybridized carbons (Fsp3) is 0.167. The number of hydrogen-bond donors (Lipinski definition) is 2. The van der Waals surface area contributed by atoms with Crippen LogP contribution in [0.5, 0.6) is 0 Å². The minimum Gasteiger partial charge on any atom is -0.325 e. The molecule has 1 aromatic heterocycles. The van der Waals surface area contributed by atoms with Crippen LogP contribution in [0.15, 0.2) is 17.5 Å². The highest BCUT2D eigenvalue weighted by Crippen LogP contribution is 2.29. The summed E-state index contributed by atoms with van der Waals surface area (Å²) in [6.07, 6.45) is 0. The summed E-state index contributed by atoms with van der Waals surface area (Å²) in [6.45, 7) is 2.16. The lowest BCUT2D eigenvalue weighted by molar-refractivity contribution is 0.102. The van der Waals surface area contributed by atoms with Crippen molar-refractivity contribution in [2.24, 2.45) is 5.73 Å². The zero-order chi connectivity index (χ0) is 14.0. The highest BCUT2D eigenvalue weighted by Gasteiger charge is 2.13. The molecule has 0 unspecified atom stereocenters. The second-order valence-electron chi connectivity index (χ2n) is 3.87. The molecule has 0 radical (unpaired) electrons. The Balaban J connectivity index is 2.21. The van der Waals surface area contributed by atoms with Gasteiger partial charge in [0.05, 0.1) is 10.7 Å². The Morgan fingerprint density at radius 1 is 1.42 bits per heavy atom. The van der Waals surface area contributed by atoms with E-state index in [0.717, 1.165) is 5.56 Å². The first-order valence-electron chi connectivity index (χ1n) is 5.42. The first-order chi connectivity index (χ1) is 9.01. The molecular weight excluding hydrogens is 305 g/mol. The van der Waals surface area contributed by atoms with Crippen molar-refractivity contribution < 1.29 is 4.79 Å². The minimum atomic E-state index is -0.335. The molecule has 0 spiro atoms. The molecule has 0 fully saturated rings. The molecule has 1 aromatic carbocycles. The van der Waals surface area contributed by atoms with E-state index in [-0.39, 0.29) is 5.91 Å². The quantitative estimate of drug-likeness (QED) is 0.911. The minimum absolute atomic E-state index is 0.315. The Kier molecular flexibility index (Phi) is 4.42. The number of aromatic nitrogens is 1. The summed E-state index contributed by atoms with van der Waals surface area (Å²) < 4.78 is 0. The number of anilines is 1. The SMILES string of the molecule is Cc1cc(Cl)c(NC(=O)c2csc(CN)n2)cc1Cl. The number of nitrogens with two attached hydrogens (primary N) is 1. The molecule has 100 valence electrons. The maximum atomic E-state index is 12.0. The van der Waals surface area contributed by atoms with Gasteiger partial charge in [-0.3, -0.25) is 4.79 Å². The van der Waals surface area contributed by atoms with Gasteiger partial charge in [-0.25, -0.2) is 4.98 Å². The molecule has 3 N–H and O–H groups in total. The molecule has 0 aliphatic heterocycles. The maximum Gasteiger partial charge on any atom is 0.275 e. The average molecular weight is 316 g/mol. The summed E-state index contributed by atoms with van der Waals surface area (Å²) in [4.78, 5) is 16.1. The van der Waals surface area contributed by atoms with Crippen LogP contribution in [0, 0.1) is 6.92 Å². The molecule has 0 saturated heterocycles. The number of benzene rings is 1. The lowest BCUT2D eigenvalue weighted by Crippen LogP contribution is -2.13. The summed E-state index contributed by atoms with van der Waals surface area (Å²) in [5.41, 5.74) is 7.09. The van der Waals surface area contributed by atoms with Gasteiger partial charge in [-0.15, -0.1) is 11.3 Å². The third-order valence-corrected chi connectivity index (χ3v) is 4.05. The zero-order valence-corrected chi connectivity index (χ0v) is 12.4. The Hall–Kier alpha value is -1.14. The van der Waals surface area contributed by atoms with Gasteiger partial charge in [0.25, 0.3) is 5.91 Å². The smallest absolute Gasteiger partial charge is 0.275 e. The number of amides is 1. The van der Waals surface area contributed by atoms with Crippen molar-refractivity contribution in [2.75, 3.05) is 5.32 Å². The van der Waals surface area contributed by atoms with Crippen LogP contribution in [-0.2, 0) is 6.54 Å². The average Bonchev–Trinajstić information content (AvgIpc) is 2.84. The van der Waals surface area contributed by atoms with Crippen molar-refractivity contribution in [3.8, 4) is 0 Å². The first-order valence-corrected chi connectivity index (χ1v) is 7.06. The lowest BCUT2D eigenvalue weighted by atomic mass is 10.2. The summed E-state index contributed by atoms with van der Waals surface area (Å²) in [6, 6.07) is 3.32. The molecule has 0 atom stereocenters. The van der Waals surface area contributed by atoms with E-state index < -0.39 is 0 Å². The maximum absolute atomic E-state index is 12.0. The second-order valence-corrected chi connectivity index (χ2v) is 5.62. The van der Waals surface area contributed by atoms with Crippen LogP contribution < -0.4 is 11.1 Å². The molecule has 1 amide bonds. The number of hydrogen-bond acceptors (Lipinski definition) is 4. The third kappa shape index (κ3) is 3.25. The number of nitrogens with zero attached hydrogens (tertiary/aromatic N) is 1. The van der Waals surface area contributed by atoms with E-state index in [9.17, 15) is 4.79 Å². The molecule has 0 bridgehead atoms. The van der Waals surface area contributed by atoms with Gasteiger partial charge in [0.15, 0.2) is 0 Å². The van der Waals surface area contributed by atoms with Crippen molar-refractivity contribution in [2.45, 2.75) is 13.5 Å².